The van der Waals surface area contributed by atoms with Crippen LogP contribution in [-0.2, 0) is 0 Å². The maximum absolute atomic E-state index is 2.52. The highest BCUT2D eigenvalue weighted by Crippen LogP contribution is 2.36. The van der Waals surface area contributed by atoms with Crippen molar-refractivity contribution in [3.63, 3.8) is 0 Å². The molecule has 0 aromatic carbocycles. The lowest BCUT2D eigenvalue weighted by Gasteiger charge is -2.50. The fourth-order valence-electron chi connectivity index (χ4n) is 2.11. The number of rotatable bonds is 0. The molecule has 0 amide bonds. The Morgan fingerprint density at radius 3 is 1.50 bits per heavy atom. The van der Waals surface area contributed by atoms with Crippen LogP contribution in [0.4, 0.5) is 0 Å². The van der Waals surface area contributed by atoms with E-state index in [2.05, 4.69) is 39.6 Å². The van der Waals surface area contributed by atoms with Crippen molar-refractivity contribution in [3.05, 3.63) is 0 Å². The summed E-state index contributed by atoms with van der Waals surface area (Å²) in [6.07, 6.45) is 4.06. The van der Waals surface area contributed by atoms with Gasteiger partial charge in [0.2, 0.25) is 0 Å². The van der Waals surface area contributed by atoms with Crippen molar-refractivity contribution in [1.82, 2.24) is 11.1 Å². The van der Waals surface area contributed by atoms with Crippen LogP contribution >= 0.6 is 0 Å². The van der Waals surface area contributed by atoms with Gasteiger partial charge in [-0.15, -0.1) is 0 Å². The Labute approximate surface area is 76.9 Å². The molecule has 0 unspecified atom stereocenters. The Bertz CT molecular complexity index is 134. The van der Waals surface area contributed by atoms with Gasteiger partial charge in [0.15, 0.2) is 0 Å². The summed E-state index contributed by atoms with van der Waals surface area (Å²) in [5.74, 6) is 0. The Morgan fingerprint density at radius 1 is 0.917 bits per heavy atom. The normalized spacial score (nSPS) is 27.8. The second-order valence-electron chi connectivity index (χ2n) is 5.04. The molecule has 0 aromatic rings. The van der Waals surface area contributed by atoms with E-state index in [1.807, 2.05) is 0 Å². The summed E-state index contributed by atoms with van der Waals surface area (Å²) >= 11 is 0. The van der Waals surface area contributed by atoms with Gasteiger partial charge in [-0.1, -0.05) is 0 Å². The topological polar surface area (TPSA) is 38.2 Å². The SMILES string of the molecule is CN1C(C)(C)CCCC1(C)C.N. The summed E-state index contributed by atoms with van der Waals surface area (Å²) in [5, 5.41) is 0. The lowest BCUT2D eigenvalue weighted by Crippen LogP contribution is -2.56. The smallest absolute Gasteiger partial charge is 0.0155 e. The maximum Gasteiger partial charge on any atom is 0.0155 e. The number of piperidine rings is 1. The van der Waals surface area contributed by atoms with Crippen LogP contribution in [-0.4, -0.2) is 23.0 Å². The molecule has 1 fully saturated rings. The van der Waals surface area contributed by atoms with E-state index in [0.717, 1.165) is 0 Å². The van der Waals surface area contributed by atoms with E-state index in [0.29, 0.717) is 11.1 Å². The van der Waals surface area contributed by atoms with Gasteiger partial charge in [0.25, 0.3) is 0 Å². The van der Waals surface area contributed by atoms with Gasteiger partial charge < -0.3 is 6.15 Å². The molecule has 1 heterocycles. The Morgan fingerprint density at radius 2 is 1.25 bits per heavy atom. The standard InChI is InChI=1S/C10H21N.H3N/c1-9(2)7-6-8-10(3,4)11(9)5;/h6-8H2,1-5H3;1H3. The molecule has 12 heavy (non-hydrogen) atoms. The van der Waals surface area contributed by atoms with E-state index in [1.54, 1.807) is 0 Å². The minimum atomic E-state index is 0. The first-order valence-corrected chi connectivity index (χ1v) is 4.60. The molecular weight excluding hydrogens is 148 g/mol. The number of nitrogens with zero attached hydrogens (tertiary/aromatic N) is 1. The van der Waals surface area contributed by atoms with Crippen LogP contribution in [0.3, 0.4) is 0 Å². The van der Waals surface area contributed by atoms with Crippen molar-refractivity contribution in [2.24, 2.45) is 0 Å². The molecule has 2 nitrogen and oxygen atoms in total. The first-order valence-electron chi connectivity index (χ1n) is 4.60. The van der Waals surface area contributed by atoms with Crippen LogP contribution in [0.2, 0.25) is 0 Å². The van der Waals surface area contributed by atoms with E-state index in [-0.39, 0.29) is 6.15 Å². The number of hydrogen-bond acceptors (Lipinski definition) is 2. The third-order valence-electron chi connectivity index (χ3n) is 3.39. The van der Waals surface area contributed by atoms with E-state index < -0.39 is 0 Å². The molecule has 1 saturated heterocycles. The minimum absolute atomic E-state index is 0. The van der Waals surface area contributed by atoms with Crippen LogP contribution < -0.4 is 6.15 Å². The first kappa shape index (κ1) is 11.9. The van der Waals surface area contributed by atoms with Crippen LogP contribution in [0, 0.1) is 0 Å². The van der Waals surface area contributed by atoms with E-state index in [4.69, 9.17) is 0 Å². The van der Waals surface area contributed by atoms with Crippen molar-refractivity contribution >= 4 is 0 Å². The van der Waals surface area contributed by atoms with E-state index >= 15 is 0 Å². The largest absolute Gasteiger partial charge is 0.344 e. The predicted octanol–water partition coefficient (Wildman–Crippen LogP) is 2.82. The average Bonchev–Trinajstić information content (AvgIpc) is 1.82. The molecular formula is C10H24N2. The summed E-state index contributed by atoms with van der Waals surface area (Å²) in [7, 11) is 2.25. The van der Waals surface area contributed by atoms with Crippen molar-refractivity contribution in [1.29, 1.82) is 0 Å². The quantitative estimate of drug-likeness (QED) is 0.610. The summed E-state index contributed by atoms with van der Waals surface area (Å²) in [6.45, 7) is 9.36. The van der Waals surface area contributed by atoms with Gasteiger partial charge in [-0.3, -0.25) is 4.90 Å². The molecule has 1 aliphatic heterocycles. The van der Waals surface area contributed by atoms with Gasteiger partial charge in [0.05, 0.1) is 0 Å². The van der Waals surface area contributed by atoms with Crippen molar-refractivity contribution < 1.29 is 0 Å². The molecule has 1 aliphatic rings. The average molecular weight is 172 g/mol. The molecule has 3 N–H and O–H groups in total. The fourth-order valence-corrected chi connectivity index (χ4v) is 2.11. The van der Waals surface area contributed by atoms with Crippen LogP contribution in [0.1, 0.15) is 47.0 Å². The second kappa shape index (κ2) is 3.35. The molecule has 0 bridgehead atoms. The summed E-state index contributed by atoms with van der Waals surface area (Å²) in [4.78, 5) is 2.52. The number of hydrogen-bond donors (Lipinski definition) is 1. The highest BCUT2D eigenvalue weighted by atomic mass is 15.2. The van der Waals surface area contributed by atoms with Gasteiger partial charge in [-0.25, -0.2) is 0 Å². The summed E-state index contributed by atoms with van der Waals surface area (Å²) in [6, 6.07) is 0. The summed E-state index contributed by atoms with van der Waals surface area (Å²) in [5.41, 5.74) is 0.809. The Kier molecular flexibility index (Phi) is 3.32. The monoisotopic (exact) mass is 172 g/mol. The lowest BCUT2D eigenvalue weighted by molar-refractivity contribution is -0.00199. The zero-order valence-corrected chi connectivity index (χ0v) is 9.28. The Balaban J connectivity index is 0.00000121. The molecule has 2 heteroatoms. The molecule has 0 radical (unpaired) electrons. The molecule has 1 rings (SSSR count). The molecule has 74 valence electrons. The summed E-state index contributed by atoms with van der Waals surface area (Å²) < 4.78 is 0. The van der Waals surface area contributed by atoms with Crippen molar-refractivity contribution in [3.8, 4) is 0 Å². The predicted molar refractivity (Wildman–Crippen MR) is 54.8 cm³/mol. The highest BCUT2D eigenvalue weighted by Gasteiger charge is 2.37. The van der Waals surface area contributed by atoms with Gasteiger partial charge in [-0.2, -0.15) is 0 Å². The number of likely N-dealkylation sites (tertiary alicyclic amines) is 1. The fraction of sp³-hybridized carbons (Fsp3) is 1.00. The molecule has 0 atom stereocenters. The van der Waals surface area contributed by atoms with Gasteiger partial charge in [0.1, 0.15) is 0 Å². The van der Waals surface area contributed by atoms with Crippen LogP contribution in [0.25, 0.3) is 0 Å². The molecule has 0 spiro atoms. The molecule has 0 saturated carbocycles. The minimum Gasteiger partial charge on any atom is -0.344 e. The van der Waals surface area contributed by atoms with Gasteiger partial charge >= 0.3 is 0 Å². The highest BCUT2D eigenvalue weighted by molar-refractivity contribution is 4.94. The van der Waals surface area contributed by atoms with Crippen molar-refractivity contribution in [2.45, 2.75) is 58.0 Å². The van der Waals surface area contributed by atoms with Crippen LogP contribution in [0.5, 0.6) is 0 Å². The van der Waals surface area contributed by atoms with E-state index in [1.165, 1.54) is 19.3 Å². The third kappa shape index (κ3) is 1.99. The van der Waals surface area contributed by atoms with Gasteiger partial charge in [-0.05, 0) is 54.0 Å². The van der Waals surface area contributed by atoms with Crippen molar-refractivity contribution in [2.75, 3.05) is 7.05 Å². The molecule has 0 aromatic heterocycles. The lowest BCUT2D eigenvalue weighted by atomic mass is 9.80. The van der Waals surface area contributed by atoms with E-state index in [9.17, 15) is 0 Å². The third-order valence-corrected chi connectivity index (χ3v) is 3.39. The zero-order valence-electron chi connectivity index (χ0n) is 9.28. The maximum atomic E-state index is 2.52. The molecule has 0 aliphatic carbocycles. The van der Waals surface area contributed by atoms with Crippen LogP contribution in [0.15, 0.2) is 0 Å². The second-order valence-corrected chi connectivity index (χ2v) is 5.04. The Hall–Kier alpha value is -0.0800. The zero-order chi connectivity index (χ0) is 8.70. The first-order chi connectivity index (χ1) is 4.86. The van der Waals surface area contributed by atoms with Gasteiger partial charge in [0, 0.05) is 11.1 Å².